The van der Waals surface area contributed by atoms with E-state index >= 15 is 0 Å². The normalized spacial score (nSPS) is 33.3. The van der Waals surface area contributed by atoms with Crippen molar-refractivity contribution >= 4 is 23.5 Å². The topological polar surface area (TPSA) is 157 Å². The molecular weight excluding hydrogens is 604 g/mol. The summed E-state index contributed by atoms with van der Waals surface area (Å²) in [6.07, 6.45) is 2.82. The van der Waals surface area contributed by atoms with Crippen molar-refractivity contribution in [1.82, 2.24) is 0 Å². The van der Waals surface area contributed by atoms with Gasteiger partial charge in [-0.2, -0.15) is 0 Å². The molecule has 0 saturated heterocycles. The van der Waals surface area contributed by atoms with Crippen LogP contribution in [0.2, 0.25) is 0 Å². The van der Waals surface area contributed by atoms with E-state index in [1.54, 1.807) is 56.3 Å². The van der Waals surface area contributed by atoms with Gasteiger partial charge in [0.2, 0.25) is 0 Å². The largest absolute Gasteiger partial charge is 0.504 e. The molecule has 2 aromatic carbocycles. The van der Waals surface area contributed by atoms with Crippen LogP contribution in [-0.4, -0.2) is 69.3 Å². The number of hydrogen-bond acceptors (Lipinski definition) is 10. The third-order valence-electron chi connectivity index (χ3n) is 11.1. The van der Waals surface area contributed by atoms with E-state index in [0.717, 1.165) is 0 Å². The highest BCUT2D eigenvalue weighted by Gasteiger charge is 2.84. The number of benzene rings is 2. The Balaban J connectivity index is 1.33. The number of carbonyl (C=O) groups excluding carboxylic acids is 4. The van der Waals surface area contributed by atoms with Crippen LogP contribution in [0.4, 0.5) is 0 Å². The van der Waals surface area contributed by atoms with Gasteiger partial charge < -0.3 is 29.5 Å². The van der Waals surface area contributed by atoms with Crippen LogP contribution in [0.3, 0.4) is 0 Å². The van der Waals surface area contributed by atoms with Crippen LogP contribution in [-0.2, 0) is 41.5 Å². The summed E-state index contributed by atoms with van der Waals surface area (Å²) in [5.74, 6) is -5.78. The number of fused-ring (bicyclic) bond motifs is 1. The molecule has 5 aliphatic rings. The fraction of sp³-hybridized carbons (Fsp3) is 0.459. The lowest BCUT2D eigenvalue weighted by Gasteiger charge is -2.72. The first-order chi connectivity index (χ1) is 22.1. The minimum atomic E-state index is -2.07. The maximum absolute atomic E-state index is 14.2. The molecule has 0 heterocycles. The Morgan fingerprint density at radius 3 is 2.30 bits per heavy atom. The number of ketones is 2. The van der Waals surface area contributed by atoms with Crippen molar-refractivity contribution < 1.29 is 48.7 Å². The number of methoxy groups -OCH3 is 1. The van der Waals surface area contributed by atoms with Crippen molar-refractivity contribution in [3.8, 4) is 11.5 Å². The quantitative estimate of drug-likeness (QED) is 0.287. The van der Waals surface area contributed by atoms with E-state index in [1.807, 2.05) is 19.9 Å². The van der Waals surface area contributed by atoms with Gasteiger partial charge in [0.1, 0.15) is 12.2 Å². The summed E-state index contributed by atoms with van der Waals surface area (Å²) in [5, 5.41) is 34.8. The molecule has 0 unspecified atom stereocenters. The molecule has 248 valence electrons. The predicted molar refractivity (Wildman–Crippen MR) is 168 cm³/mol. The maximum Gasteiger partial charge on any atom is 0.311 e. The van der Waals surface area contributed by atoms with Gasteiger partial charge >= 0.3 is 11.9 Å². The molecule has 10 nitrogen and oxygen atoms in total. The molecule has 3 N–H and O–H groups in total. The molecule has 0 amide bonds. The van der Waals surface area contributed by atoms with Crippen LogP contribution in [0.15, 0.2) is 71.8 Å². The van der Waals surface area contributed by atoms with E-state index in [4.69, 9.17) is 14.2 Å². The number of phenols is 1. The SMILES string of the molecule is COc1cc(CC(=O)OCC2=C[C@H]3[C@H]4C(=O)[C@@](OC(=O)Cc5ccccc5)([C@@H](C)[C@]3(O)[C@@H]3C=C(C)C(=O)[C@@]3(O)C2)C4(C)C)ccc1O. The molecule has 2 bridgehead atoms. The maximum atomic E-state index is 14.2. The molecule has 3 fully saturated rings. The van der Waals surface area contributed by atoms with Crippen molar-refractivity contribution in [2.24, 2.45) is 29.1 Å². The van der Waals surface area contributed by atoms with Crippen molar-refractivity contribution in [1.29, 1.82) is 0 Å². The van der Waals surface area contributed by atoms with Gasteiger partial charge in [0.25, 0.3) is 0 Å². The number of esters is 2. The molecule has 10 heteroatoms. The molecule has 0 spiro atoms. The molecule has 5 aliphatic carbocycles. The van der Waals surface area contributed by atoms with Gasteiger partial charge in [0, 0.05) is 35.5 Å². The minimum absolute atomic E-state index is 0.0671. The van der Waals surface area contributed by atoms with Crippen LogP contribution < -0.4 is 4.74 Å². The Kier molecular flexibility index (Phi) is 7.76. The molecule has 2 aromatic rings. The number of aromatic hydroxyl groups is 1. The second-order valence-electron chi connectivity index (χ2n) is 14.0. The van der Waals surface area contributed by atoms with Crippen LogP contribution in [0.1, 0.15) is 45.2 Å². The summed E-state index contributed by atoms with van der Waals surface area (Å²) in [6, 6.07) is 13.5. The van der Waals surface area contributed by atoms with E-state index < -0.39 is 63.6 Å². The smallest absolute Gasteiger partial charge is 0.311 e. The van der Waals surface area contributed by atoms with Crippen molar-refractivity contribution in [2.45, 2.75) is 63.8 Å². The summed E-state index contributed by atoms with van der Waals surface area (Å²) < 4.78 is 16.8. The summed E-state index contributed by atoms with van der Waals surface area (Å²) in [7, 11) is 1.40. The number of ether oxygens (including phenoxy) is 3. The Morgan fingerprint density at radius 1 is 0.957 bits per heavy atom. The van der Waals surface area contributed by atoms with E-state index in [0.29, 0.717) is 16.7 Å². The highest BCUT2D eigenvalue weighted by Crippen LogP contribution is 2.71. The molecular formula is C37H40O10. The Morgan fingerprint density at radius 2 is 1.64 bits per heavy atom. The number of carbonyl (C=O) groups is 4. The average molecular weight is 645 g/mol. The fourth-order valence-corrected chi connectivity index (χ4v) is 8.88. The van der Waals surface area contributed by atoms with Gasteiger partial charge in [0.05, 0.1) is 25.6 Å². The van der Waals surface area contributed by atoms with Crippen molar-refractivity contribution in [2.75, 3.05) is 13.7 Å². The number of hydrogen-bond donors (Lipinski definition) is 3. The Bertz CT molecular complexity index is 1720. The van der Waals surface area contributed by atoms with E-state index in [2.05, 4.69) is 0 Å². The summed E-state index contributed by atoms with van der Waals surface area (Å²) in [6.45, 7) is 6.61. The van der Waals surface area contributed by atoms with E-state index in [1.165, 1.54) is 19.2 Å². The van der Waals surface area contributed by atoms with Gasteiger partial charge in [0.15, 0.2) is 28.7 Å². The first-order valence-electron chi connectivity index (χ1n) is 15.8. The monoisotopic (exact) mass is 644 g/mol. The van der Waals surface area contributed by atoms with Gasteiger partial charge in [-0.15, -0.1) is 0 Å². The molecule has 7 rings (SSSR count). The van der Waals surface area contributed by atoms with Crippen molar-refractivity contribution in [3.63, 3.8) is 0 Å². The van der Waals surface area contributed by atoms with E-state index in [-0.39, 0.29) is 48.7 Å². The van der Waals surface area contributed by atoms with Gasteiger partial charge in [-0.25, -0.2) is 0 Å². The average Bonchev–Trinajstić information content (AvgIpc) is 3.19. The molecule has 0 aromatic heterocycles. The number of Topliss-reactive ketones (excluding diaryl/α,β-unsaturated/α-hetero) is 2. The van der Waals surface area contributed by atoms with E-state index in [9.17, 15) is 34.5 Å². The number of rotatable bonds is 8. The van der Waals surface area contributed by atoms with Gasteiger partial charge in [-0.3, -0.25) is 19.2 Å². The zero-order chi connectivity index (χ0) is 34.1. The zero-order valence-electron chi connectivity index (χ0n) is 27.1. The molecule has 0 radical (unpaired) electrons. The summed E-state index contributed by atoms with van der Waals surface area (Å²) in [4.78, 5) is 54.0. The number of phenolic OH excluding ortho intramolecular Hbond substituents is 1. The molecule has 3 saturated carbocycles. The van der Waals surface area contributed by atoms with Crippen LogP contribution in [0.5, 0.6) is 11.5 Å². The molecule has 0 aliphatic heterocycles. The third kappa shape index (κ3) is 4.67. The van der Waals surface area contributed by atoms with Gasteiger partial charge in [-0.1, -0.05) is 69.3 Å². The fourth-order valence-electron chi connectivity index (χ4n) is 8.88. The second-order valence-corrected chi connectivity index (χ2v) is 14.0. The number of aliphatic hydroxyl groups is 2. The summed E-state index contributed by atoms with van der Waals surface area (Å²) in [5.41, 5.74) is -4.62. The van der Waals surface area contributed by atoms with Crippen LogP contribution >= 0.6 is 0 Å². The third-order valence-corrected chi connectivity index (χ3v) is 11.1. The molecule has 47 heavy (non-hydrogen) atoms. The lowest BCUT2D eigenvalue weighted by molar-refractivity contribution is -0.305. The highest BCUT2D eigenvalue weighted by atomic mass is 16.6. The van der Waals surface area contributed by atoms with Gasteiger partial charge in [-0.05, 0) is 41.3 Å². The van der Waals surface area contributed by atoms with Crippen molar-refractivity contribution in [3.05, 3.63) is 83.0 Å². The summed E-state index contributed by atoms with van der Waals surface area (Å²) >= 11 is 0. The lowest BCUT2D eigenvalue weighted by atomic mass is 9.34. The lowest BCUT2D eigenvalue weighted by Crippen LogP contribution is -2.85. The van der Waals surface area contributed by atoms with Crippen LogP contribution in [0.25, 0.3) is 0 Å². The second kappa shape index (κ2) is 11.2. The first kappa shape index (κ1) is 32.7. The zero-order valence-corrected chi connectivity index (χ0v) is 27.1. The highest BCUT2D eigenvalue weighted by molar-refractivity contribution is 6.06. The molecule has 7 atom stereocenters. The minimum Gasteiger partial charge on any atom is -0.504 e. The Labute approximate surface area is 273 Å². The standard InChI is InChI=1S/C37H40O10/c1-20-13-28-35(43,32(20)41)18-24(19-46-29(39)17-23-11-12-26(38)27(15-23)45-5)14-25-31-33(42)37(34(31,3)4,21(2)36(25,28)44)47-30(40)16-22-9-7-6-8-10-22/h6-15,21,25,28,31,38,43-44H,16-19H2,1-5H3/t21-,25-,28+,31-,35+,36+,37-/m0/s1. The van der Waals surface area contributed by atoms with Crippen LogP contribution in [0, 0.1) is 29.1 Å². The first-order valence-corrected chi connectivity index (χ1v) is 15.8. The predicted octanol–water partition coefficient (Wildman–Crippen LogP) is 3.44. The Hall–Kier alpha value is -4.28.